The summed E-state index contributed by atoms with van der Waals surface area (Å²) in [6.07, 6.45) is 6.68. The van der Waals surface area contributed by atoms with Crippen molar-refractivity contribution < 1.29 is 19.1 Å². The van der Waals surface area contributed by atoms with E-state index < -0.39 is 17.0 Å². The lowest BCUT2D eigenvalue weighted by atomic mass is 9.86. The number of carbonyl (C=O) groups excluding carboxylic acids is 2. The predicted octanol–water partition coefficient (Wildman–Crippen LogP) is 4.76. The highest BCUT2D eigenvalue weighted by Gasteiger charge is 2.37. The lowest BCUT2D eigenvalue weighted by Crippen LogP contribution is -2.35. The van der Waals surface area contributed by atoms with Crippen LogP contribution in [-0.4, -0.2) is 18.5 Å². The second-order valence-corrected chi connectivity index (χ2v) is 7.56. The second-order valence-electron chi connectivity index (χ2n) is 7.56. The van der Waals surface area contributed by atoms with Gasteiger partial charge in [-0.2, -0.15) is 0 Å². The molecule has 1 aromatic carbocycles. The summed E-state index contributed by atoms with van der Waals surface area (Å²) >= 11 is 0. The highest BCUT2D eigenvalue weighted by molar-refractivity contribution is 5.80. The van der Waals surface area contributed by atoms with E-state index in [2.05, 4.69) is 0 Å². The molecule has 25 heavy (non-hydrogen) atoms. The van der Waals surface area contributed by atoms with Crippen molar-refractivity contribution in [2.75, 3.05) is 6.61 Å². The molecule has 0 spiro atoms. The molecule has 1 saturated carbocycles. The van der Waals surface area contributed by atoms with Crippen molar-refractivity contribution in [3.63, 3.8) is 0 Å². The molecule has 138 valence electrons. The van der Waals surface area contributed by atoms with Gasteiger partial charge in [-0.15, -0.1) is 0 Å². The Hall–Kier alpha value is -1.84. The summed E-state index contributed by atoms with van der Waals surface area (Å²) in [5.41, 5.74) is -0.146. The fourth-order valence-electron chi connectivity index (χ4n) is 3.20. The first kappa shape index (κ1) is 19.5. The van der Waals surface area contributed by atoms with Crippen molar-refractivity contribution in [3.05, 3.63) is 35.9 Å². The maximum Gasteiger partial charge on any atom is 0.345 e. The van der Waals surface area contributed by atoms with Crippen LogP contribution in [0.1, 0.15) is 71.3 Å². The summed E-state index contributed by atoms with van der Waals surface area (Å²) in [5.74, 6) is -0.826. The molecule has 0 N–H and O–H groups in total. The van der Waals surface area contributed by atoms with E-state index in [0.29, 0.717) is 6.42 Å². The molecule has 4 nitrogen and oxygen atoms in total. The van der Waals surface area contributed by atoms with E-state index in [9.17, 15) is 9.59 Å². The van der Waals surface area contributed by atoms with E-state index in [0.717, 1.165) is 44.1 Å². The number of esters is 2. The maximum absolute atomic E-state index is 12.4. The van der Waals surface area contributed by atoms with Crippen molar-refractivity contribution >= 4 is 11.9 Å². The van der Waals surface area contributed by atoms with Gasteiger partial charge >= 0.3 is 11.9 Å². The number of ether oxygens (including phenoxy) is 2. The van der Waals surface area contributed by atoms with Crippen LogP contribution in [0.2, 0.25) is 0 Å². The number of rotatable bonds is 6. The van der Waals surface area contributed by atoms with Crippen molar-refractivity contribution in [3.8, 4) is 0 Å². The molecule has 0 aromatic heterocycles. The highest BCUT2D eigenvalue weighted by atomic mass is 16.6. The van der Waals surface area contributed by atoms with Crippen LogP contribution in [0.15, 0.2) is 30.3 Å². The molecule has 2 rings (SSSR count). The topological polar surface area (TPSA) is 52.6 Å². The van der Waals surface area contributed by atoms with Gasteiger partial charge in [-0.25, -0.2) is 4.79 Å². The van der Waals surface area contributed by atoms with Crippen LogP contribution in [0.3, 0.4) is 0 Å². The summed E-state index contributed by atoms with van der Waals surface area (Å²) < 4.78 is 11.1. The number of benzene rings is 1. The Morgan fingerprint density at radius 3 is 2.20 bits per heavy atom. The van der Waals surface area contributed by atoms with Crippen molar-refractivity contribution in [1.29, 1.82) is 0 Å². The van der Waals surface area contributed by atoms with E-state index in [1.165, 1.54) is 0 Å². The predicted molar refractivity (Wildman–Crippen MR) is 96.9 cm³/mol. The number of hydrogen-bond donors (Lipinski definition) is 0. The zero-order valence-corrected chi connectivity index (χ0v) is 15.7. The Kier molecular flexibility index (Phi) is 6.63. The molecule has 0 aliphatic heterocycles. The van der Waals surface area contributed by atoms with Crippen molar-refractivity contribution in [2.45, 2.75) is 71.3 Å². The van der Waals surface area contributed by atoms with Crippen LogP contribution in [0, 0.1) is 5.41 Å². The van der Waals surface area contributed by atoms with Gasteiger partial charge < -0.3 is 9.47 Å². The summed E-state index contributed by atoms with van der Waals surface area (Å²) in [6.45, 7) is 5.24. The minimum atomic E-state index is -0.596. The molecule has 1 fully saturated rings. The molecule has 0 amide bonds. The van der Waals surface area contributed by atoms with Crippen molar-refractivity contribution in [1.82, 2.24) is 0 Å². The third-order valence-corrected chi connectivity index (χ3v) is 5.28. The third-order valence-electron chi connectivity index (χ3n) is 5.28. The minimum Gasteiger partial charge on any atom is -0.453 e. The average molecular weight is 346 g/mol. The van der Waals surface area contributed by atoms with Gasteiger partial charge in [0.05, 0.1) is 5.41 Å². The average Bonchev–Trinajstić information content (AvgIpc) is 2.86. The SMILES string of the molecule is CCC(C)(C)C(=O)OCC(=O)OC1(c2ccccc2)CCCCCC1. The van der Waals surface area contributed by atoms with Gasteiger partial charge in [0.1, 0.15) is 5.60 Å². The Balaban J connectivity index is 2.07. The van der Waals surface area contributed by atoms with Crippen molar-refractivity contribution in [2.24, 2.45) is 5.41 Å². The Morgan fingerprint density at radius 1 is 1.04 bits per heavy atom. The summed E-state index contributed by atoms with van der Waals surface area (Å²) in [7, 11) is 0. The molecular weight excluding hydrogens is 316 g/mol. The van der Waals surface area contributed by atoms with E-state index in [1.807, 2.05) is 51.1 Å². The van der Waals surface area contributed by atoms with Crippen LogP contribution in [0.25, 0.3) is 0 Å². The van der Waals surface area contributed by atoms with Gasteiger partial charge in [0.15, 0.2) is 6.61 Å². The second kappa shape index (κ2) is 8.50. The molecule has 0 radical (unpaired) electrons. The molecule has 0 heterocycles. The summed E-state index contributed by atoms with van der Waals surface area (Å²) in [4.78, 5) is 24.5. The zero-order chi connectivity index (χ0) is 18.3. The highest BCUT2D eigenvalue weighted by Crippen LogP contribution is 2.39. The van der Waals surface area contributed by atoms with E-state index in [1.54, 1.807) is 0 Å². The smallest absolute Gasteiger partial charge is 0.345 e. The lowest BCUT2D eigenvalue weighted by Gasteiger charge is -2.33. The first-order chi connectivity index (χ1) is 11.9. The molecule has 1 aliphatic carbocycles. The standard InChI is InChI=1S/C21H30O4/c1-4-20(2,3)19(23)24-16-18(22)25-21(14-10-5-6-11-15-21)17-12-8-7-9-13-17/h7-9,12-13H,4-6,10-11,14-16H2,1-3H3. The van der Waals surface area contributed by atoms with Gasteiger partial charge in [-0.1, -0.05) is 50.1 Å². The first-order valence-corrected chi connectivity index (χ1v) is 9.34. The molecular formula is C21H30O4. The van der Waals surface area contributed by atoms with E-state index >= 15 is 0 Å². The van der Waals surface area contributed by atoms with Gasteiger partial charge in [0.25, 0.3) is 0 Å². The molecule has 0 atom stereocenters. The van der Waals surface area contributed by atoms with Crippen LogP contribution in [0.4, 0.5) is 0 Å². The van der Waals surface area contributed by atoms with E-state index in [-0.39, 0.29) is 12.6 Å². The minimum absolute atomic E-state index is 0.323. The van der Waals surface area contributed by atoms with Crippen LogP contribution in [0.5, 0.6) is 0 Å². The normalized spacial score (nSPS) is 17.4. The monoisotopic (exact) mass is 346 g/mol. The molecule has 0 unspecified atom stereocenters. The van der Waals surface area contributed by atoms with Crippen LogP contribution >= 0.6 is 0 Å². The summed E-state index contributed by atoms with van der Waals surface area (Å²) in [6, 6.07) is 9.94. The van der Waals surface area contributed by atoms with Gasteiger partial charge in [0.2, 0.25) is 0 Å². The third kappa shape index (κ3) is 5.07. The summed E-state index contributed by atoms with van der Waals surface area (Å²) in [5, 5.41) is 0. The Labute approximate surface area is 150 Å². The van der Waals surface area contributed by atoms with Gasteiger partial charge in [-0.3, -0.25) is 4.79 Å². The maximum atomic E-state index is 12.4. The lowest BCUT2D eigenvalue weighted by molar-refractivity contribution is -0.176. The Bertz CT molecular complexity index is 569. The van der Waals surface area contributed by atoms with Crippen LogP contribution in [-0.2, 0) is 24.7 Å². The van der Waals surface area contributed by atoms with Gasteiger partial charge in [-0.05, 0) is 51.5 Å². The van der Waals surface area contributed by atoms with Gasteiger partial charge in [0, 0.05) is 0 Å². The molecule has 1 aromatic rings. The number of carbonyl (C=O) groups is 2. The number of hydrogen-bond acceptors (Lipinski definition) is 4. The molecule has 4 heteroatoms. The molecule has 1 aliphatic rings. The fourth-order valence-corrected chi connectivity index (χ4v) is 3.20. The molecule has 0 bridgehead atoms. The zero-order valence-electron chi connectivity index (χ0n) is 15.7. The first-order valence-electron chi connectivity index (χ1n) is 9.34. The fraction of sp³-hybridized carbons (Fsp3) is 0.619. The van der Waals surface area contributed by atoms with E-state index in [4.69, 9.17) is 9.47 Å². The molecule has 0 saturated heterocycles. The Morgan fingerprint density at radius 2 is 1.64 bits per heavy atom. The van der Waals surface area contributed by atoms with Crippen LogP contribution < -0.4 is 0 Å². The quantitative estimate of drug-likeness (QED) is 0.550. The largest absolute Gasteiger partial charge is 0.453 e.